The highest BCUT2D eigenvalue weighted by molar-refractivity contribution is 7.98. The number of thioether (sulfide) groups is 1. The van der Waals surface area contributed by atoms with Crippen molar-refractivity contribution in [3.05, 3.63) is 24.2 Å². The van der Waals surface area contributed by atoms with Gasteiger partial charge in [-0.25, -0.2) is 0 Å². The highest BCUT2D eigenvalue weighted by Crippen LogP contribution is 2.17. The van der Waals surface area contributed by atoms with Crippen LogP contribution in [0.1, 0.15) is 36.7 Å². The first-order valence-corrected chi connectivity index (χ1v) is 9.13. The number of amides is 2. The molecule has 22 heavy (non-hydrogen) atoms. The molecule has 1 aromatic rings. The summed E-state index contributed by atoms with van der Waals surface area (Å²) in [6.45, 7) is 3.73. The Labute approximate surface area is 135 Å². The SMILES string of the molecule is CSCCC(NC(=O)c1ccco1)C(=O)N1CCCC(C)C1. The van der Waals surface area contributed by atoms with Crippen LogP contribution in [0.4, 0.5) is 0 Å². The molecular weight excluding hydrogens is 300 g/mol. The summed E-state index contributed by atoms with van der Waals surface area (Å²) in [4.78, 5) is 26.8. The van der Waals surface area contributed by atoms with E-state index < -0.39 is 6.04 Å². The van der Waals surface area contributed by atoms with Gasteiger partial charge in [0.1, 0.15) is 6.04 Å². The van der Waals surface area contributed by atoms with Crippen LogP contribution in [0.2, 0.25) is 0 Å². The van der Waals surface area contributed by atoms with Crippen molar-refractivity contribution < 1.29 is 14.0 Å². The van der Waals surface area contributed by atoms with Crippen LogP contribution >= 0.6 is 11.8 Å². The summed E-state index contributed by atoms with van der Waals surface area (Å²) >= 11 is 1.67. The summed E-state index contributed by atoms with van der Waals surface area (Å²) in [5.41, 5.74) is 0. The second-order valence-electron chi connectivity index (χ2n) is 5.82. The lowest BCUT2D eigenvalue weighted by molar-refractivity contribution is -0.135. The average molecular weight is 324 g/mol. The zero-order chi connectivity index (χ0) is 15.9. The highest BCUT2D eigenvalue weighted by atomic mass is 32.2. The number of hydrogen-bond acceptors (Lipinski definition) is 4. The van der Waals surface area contributed by atoms with Gasteiger partial charge in [0.25, 0.3) is 5.91 Å². The molecule has 1 aliphatic heterocycles. The first-order chi connectivity index (χ1) is 10.6. The summed E-state index contributed by atoms with van der Waals surface area (Å²) in [7, 11) is 0. The van der Waals surface area contributed by atoms with Gasteiger partial charge in [-0.1, -0.05) is 6.92 Å². The molecule has 0 spiro atoms. The van der Waals surface area contributed by atoms with E-state index in [1.807, 2.05) is 11.2 Å². The third-order valence-corrected chi connectivity index (χ3v) is 4.57. The summed E-state index contributed by atoms with van der Waals surface area (Å²) in [6, 6.07) is 2.80. The number of nitrogens with zero attached hydrogens (tertiary/aromatic N) is 1. The maximum absolute atomic E-state index is 12.7. The molecule has 1 fully saturated rings. The van der Waals surface area contributed by atoms with E-state index in [0.717, 1.165) is 31.7 Å². The van der Waals surface area contributed by atoms with E-state index in [-0.39, 0.29) is 17.6 Å². The average Bonchev–Trinajstić information content (AvgIpc) is 3.05. The van der Waals surface area contributed by atoms with E-state index in [0.29, 0.717) is 12.3 Å². The van der Waals surface area contributed by atoms with E-state index in [9.17, 15) is 9.59 Å². The van der Waals surface area contributed by atoms with Crippen molar-refractivity contribution in [2.24, 2.45) is 5.92 Å². The molecule has 2 rings (SSSR count). The van der Waals surface area contributed by atoms with Crippen molar-refractivity contribution in [1.29, 1.82) is 0 Å². The standard InChI is InChI=1S/C16H24N2O3S/c1-12-5-3-8-18(11-12)16(20)13(7-10-22-2)17-15(19)14-6-4-9-21-14/h4,6,9,12-13H,3,5,7-8,10-11H2,1-2H3,(H,17,19). The summed E-state index contributed by atoms with van der Waals surface area (Å²) < 4.78 is 5.10. The Morgan fingerprint density at radius 2 is 2.36 bits per heavy atom. The molecule has 2 heterocycles. The zero-order valence-electron chi connectivity index (χ0n) is 13.2. The van der Waals surface area contributed by atoms with Crippen molar-refractivity contribution >= 4 is 23.6 Å². The van der Waals surface area contributed by atoms with Crippen LogP contribution in [-0.2, 0) is 4.79 Å². The number of furan rings is 1. The lowest BCUT2D eigenvalue weighted by Crippen LogP contribution is -2.51. The molecule has 2 unspecified atom stereocenters. The number of nitrogens with one attached hydrogen (secondary N) is 1. The number of carbonyl (C=O) groups is 2. The third-order valence-electron chi connectivity index (χ3n) is 3.93. The van der Waals surface area contributed by atoms with Gasteiger partial charge in [-0.05, 0) is 49.3 Å². The molecular formula is C16H24N2O3S. The van der Waals surface area contributed by atoms with Gasteiger partial charge in [0.05, 0.1) is 6.26 Å². The maximum atomic E-state index is 12.7. The van der Waals surface area contributed by atoms with Gasteiger partial charge >= 0.3 is 0 Å². The summed E-state index contributed by atoms with van der Waals surface area (Å²) in [5, 5.41) is 2.83. The van der Waals surface area contributed by atoms with Gasteiger partial charge in [-0.15, -0.1) is 0 Å². The quantitative estimate of drug-likeness (QED) is 0.873. The number of hydrogen-bond donors (Lipinski definition) is 1. The van der Waals surface area contributed by atoms with Crippen molar-refractivity contribution in [3.63, 3.8) is 0 Å². The highest BCUT2D eigenvalue weighted by Gasteiger charge is 2.29. The summed E-state index contributed by atoms with van der Waals surface area (Å²) in [6.07, 6.45) is 6.29. The molecule has 0 bridgehead atoms. The fourth-order valence-electron chi connectivity index (χ4n) is 2.74. The van der Waals surface area contributed by atoms with Crippen LogP contribution in [0.25, 0.3) is 0 Å². The van der Waals surface area contributed by atoms with Crippen molar-refractivity contribution in [2.45, 2.75) is 32.2 Å². The van der Waals surface area contributed by atoms with Gasteiger partial charge in [0, 0.05) is 13.1 Å². The fourth-order valence-corrected chi connectivity index (χ4v) is 3.21. The first-order valence-electron chi connectivity index (χ1n) is 7.74. The van der Waals surface area contributed by atoms with E-state index in [1.165, 1.54) is 6.26 Å². The predicted octanol–water partition coefficient (Wildman–Crippen LogP) is 2.39. The largest absolute Gasteiger partial charge is 0.459 e. The van der Waals surface area contributed by atoms with Gasteiger partial charge in [-0.2, -0.15) is 11.8 Å². The smallest absolute Gasteiger partial charge is 0.287 e. The van der Waals surface area contributed by atoms with E-state index in [4.69, 9.17) is 4.42 Å². The Morgan fingerprint density at radius 3 is 3.00 bits per heavy atom. The Hall–Kier alpha value is -1.43. The van der Waals surface area contributed by atoms with Crippen LogP contribution in [0.15, 0.2) is 22.8 Å². The summed E-state index contributed by atoms with van der Waals surface area (Å²) in [5.74, 6) is 1.31. The molecule has 6 heteroatoms. The fraction of sp³-hybridized carbons (Fsp3) is 0.625. The Kier molecular flexibility index (Phi) is 6.36. The number of piperidine rings is 1. The molecule has 0 aliphatic carbocycles. The van der Waals surface area contributed by atoms with Crippen molar-refractivity contribution in [2.75, 3.05) is 25.1 Å². The minimum Gasteiger partial charge on any atom is -0.459 e. The number of carbonyl (C=O) groups excluding carboxylic acids is 2. The molecule has 1 aliphatic rings. The van der Waals surface area contributed by atoms with E-state index in [2.05, 4.69) is 12.2 Å². The first kappa shape index (κ1) is 16.9. The Morgan fingerprint density at radius 1 is 1.55 bits per heavy atom. The van der Waals surface area contributed by atoms with E-state index in [1.54, 1.807) is 23.9 Å². The van der Waals surface area contributed by atoms with Crippen molar-refractivity contribution in [1.82, 2.24) is 10.2 Å². The minimum absolute atomic E-state index is 0.0282. The third kappa shape index (κ3) is 4.53. The molecule has 1 aromatic heterocycles. The number of likely N-dealkylation sites (tertiary alicyclic amines) is 1. The monoisotopic (exact) mass is 324 g/mol. The Balaban J connectivity index is 2.01. The van der Waals surface area contributed by atoms with Gasteiger partial charge in [-0.3, -0.25) is 9.59 Å². The predicted molar refractivity (Wildman–Crippen MR) is 87.9 cm³/mol. The van der Waals surface area contributed by atoms with Gasteiger partial charge in [0.2, 0.25) is 5.91 Å². The van der Waals surface area contributed by atoms with Crippen molar-refractivity contribution in [3.8, 4) is 0 Å². The second kappa shape index (κ2) is 8.27. The van der Waals surface area contributed by atoms with Crippen LogP contribution in [0, 0.1) is 5.92 Å². The normalized spacial score (nSPS) is 19.7. The molecule has 0 saturated carbocycles. The minimum atomic E-state index is -0.477. The van der Waals surface area contributed by atoms with Crippen LogP contribution in [0.3, 0.4) is 0 Å². The zero-order valence-corrected chi connectivity index (χ0v) is 14.0. The topological polar surface area (TPSA) is 62.6 Å². The lowest BCUT2D eigenvalue weighted by atomic mass is 9.99. The van der Waals surface area contributed by atoms with Gasteiger partial charge in [0.15, 0.2) is 5.76 Å². The van der Waals surface area contributed by atoms with Crippen LogP contribution < -0.4 is 5.32 Å². The van der Waals surface area contributed by atoms with Gasteiger partial charge < -0.3 is 14.6 Å². The molecule has 0 aromatic carbocycles. The van der Waals surface area contributed by atoms with E-state index >= 15 is 0 Å². The molecule has 2 amide bonds. The van der Waals surface area contributed by atoms with Crippen LogP contribution in [0.5, 0.6) is 0 Å². The molecule has 122 valence electrons. The lowest BCUT2D eigenvalue weighted by Gasteiger charge is -2.33. The molecule has 0 radical (unpaired) electrons. The number of rotatable bonds is 6. The molecule has 1 saturated heterocycles. The Bertz CT molecular complexity index is 490. The maximum Gasteiger partial charge on any atom is 0.287 e. The molecule has 2 atom stereocenters. The van der Waals surface area contributed by atoms with Crippen LogP contribution in [-0.4, -0.2) is 47.9 Å². The molecule has 5 nitrogen and oxygen atoms in total. The second-order valence-corrected chi connectivity index (χ2v) is 6.80. The molecule has 1 N–H and O–H groups in total.